The fraction of sp³-hybridized carbons (Fsp3) is 0.250. The average molecular weight is 480 g/mol. The van der Waals surface area contributed by atoms with Crippen LogP contribution in [0.3, 0.4) is 0 Å². The molecule has 0 radical (unpaired) electrons. The topological polar surface area (TPSA) is 12.0 Å². The van der Waals surface area contributed by atoms with Crippen molar-refractivity contribution in [3.05, 3.63) is 66.8 Å². The molecular formula is C16H15Br3FN. The summed E-state index contributed by atoms with van der Waals surface area (Å²) in [6.45, 7) is 2.92. The summed E-state index contributed by atoms with van der Waals surface area (Å²) in [6, 6.07) is 11.3. The molecule has 112 valence electrons. The van der Waals surface area contributed by atoms with Crippen LogP contribution in [-0.4, -0.2) is 6.54 Å². The number of hydrogen-bond acceptors (Lipinski definition) is 1. The molecule has 2 aromatic rings. The van der Waals surface area contributed by atoms with Gasteiger partial charge in [0.05, 0.1) is 0 Å². The smallest absolute Gasteiger partial charge is 0.124 e. The third-order valence-electron chi connectivity index (χ3n) is 3.10. The van der Waals surface area contributed by atoms with Gasteiger partial charge in [0, 0.05) is 19.5 Å². The molecule has 2 aromatic carbocycles. The number of benzene rings is 2. The minimum absolute atomic E-state index is 0.137. The first-order valence-corrected chi connectivity index (χ1v) is 9.00. The maximum Gasteiger partial charge on any atom is 0.124 e. The molecule has 21 heavy (non-hydrogen) atoms. The van der Waals surface area contributed by atoms with E-state index in [0.29, 0.717) is 0 Å². The molecule has 1 unspecified atom stereocenters. The van der Waals surface area contributed by atoms with E-state index in [1.807, 2.05) is 12.1 Å². The first-order chi connectivity index (χ1) is 9.97. The Morgan fingerprint density at radius 1 is 0.952 bits per heavy atom. The third-order valence-corrected chi connectivity index (χ3v) is 4.47. The predicted octanol–water partition coefficient (Wildman–Crippen LogP) is 6.01. The molecule has 1 N–H and O–H groups in total. The molecule has 0 aliphatic rings. The van der Waals surface area contributed by atoms with Crippen molar-refractivity contribution < 1.29 is 4.39 Å². The van der Waals surface area contributed by atoms with Crippen molar-refractivity contribution in [2.45, 2.75) is 19.4 Å². The van der Waals surface area contributed by atoms with Crippen LogP contribution in [0, 0.1) is 5.82 Å². The van der Waals surface area contributed by atoms with Crippen molar-refractivity contribution in [2.75, 3.05) is 6.54 Å². The van der Waals surface area contributed by atoms with Crippen molar-refractivity contribution in [3.63, 3.8) is 0 Å². The number of rotatable bonds is 5. The van der Waals surface area contributed by atoms with E-state index < -0.39 is 0 Å². The van der Waals surface area contributed by atoms with Crippen molar-refractivity contribution in [1.29, 1.82) is 0 Å². The van der Waals surface area contributed by atoms with Gasteiger partial charge in [-0.25, -0.2) is 4.39 Å². The summed E-state index contributed by atoms with van der Waals surface area (Å²) >= 11 is 10.4. The Morgan fingerprint density at radius 2 is 1.57 bits per heavy atom. The number of halogens is 4. The fourth-order valence-corrected chi connectivity index (χ4v) is 4.14. The summed E-state index contributed by atoms with van der Waals surface area (Å²) in [5, 5.41) is 3.46. The van der Waals surface area contributed by atoms with Gasteiger partial charge in [-0.1, -0.05) is 54.7 Å². The molecule has 1 nitrogen and oxygen atoms in total. The van der Waals surface area contributed by atoms with Gasteiger partial charge in [-0.05, 0) is 60.5 Å². The van der Waals surface area contributed by atoms with E-state index in [1.165, 1.54) is 11.6 Å². The zero-order chi connectivity index (χ0) is 15.4. The maximum absolute atomic E-state index is 13.5. The predicted molar refractivity (Wildman–Crippen MR) is 96.1 cm³/mol. The van der Waals surface area contributed by atoms with E-state index in [4.69, 9.17) is 0 Å². The highest BCUT2D eigenvalue weighted by Crippen LogP contribution is 2.27. The lowest BCUT2D eigenvalue weighted by molar-refractivity contribution is 0.546. The number of likely N-dealkylation sites (N-methyl/N-ethyl adjacent to an activating group) is 1. The van der Waals surface area contributed by atoms with Crippen LogP contribution in [0.15, 0.2) is 49.8 Å². The van der Waals surface area contributed by atoms with Gasteiger partial charge in [0.1, 0.15) is 5.82 Å². The summed E-state index contributed by atoms with van der Waals surface area (Å²) in [5.41, 5.74) is 2.13. The quantitative estimate of drug-likeness (QED) is 0.554. The molecule has 5 heteroatoms. The summed E-state index contributed by atoms with van der Waals surface area (Å²) in [6.07, 6.45) is 0.729. The van der Waals surface area contributed by atoms with Crippen LogP contribution >= 0.6 is 47.8 Å². The number of hydrogen-bond donors (Lipinski definition) is 1. The van der Waals surface area contributed by atoms with Gasteiger partial charge < -0.3 is 5.32 Å². The Kier molecular flexibility index (Phi) is 6.41. The van der Waals surface area contributed by atoms with Gasteiger partial charge in [-0.15, -0.1) is 0 Å². The summed E-state index contributed by atoms with van der Waals surface area (Å²) in [4.78, 5) is 0. The van der Waals surface area contributed by atoms with Crippen molar-refractivity contribution in [1.82, 2.24) is 5.32 Å². The van der Waals surface area contributed by atoms with Crippen LogP contribution in [0.2, 0.25) is 0 Å². The van der Waals surface area contributed by atoms with E-state index in [0.717, 1.165) is 31.9 Å². The largest absolute Gasteiger partial charge is 0.310 e. The fourth-order valence-electron chi connectivity index (χ4n) is 2.30. The standard InChI is InChI=1S/C16H15Br3FN/c1-2-21-16(11-6-13(18)8-14(19)7-11)5-10-3-12(17)9-15(20)4-10/h3-4,6-9,16,21H,2,5H2,1H3. The molecule has 0 saturated carbocycles. The molecule has 0 fully saturated rings. The van der Waals surface area contributed by atoms with E-state index in [1.54, 1.807) is 6.07 Å². The second-order valence-electron chi connectivity index (χ2n) is 4.79. The molecule has 0 aliphatic carbocycles. The van der Waals surface area contributed by atoms with Crippen LogP contribution in [0.25, 0.3) is 0 Å². The van der Waals surface area contributed by atoms with Gasteiger partial charge >= 0.3 is 0 Å². The highest BCUT2D eigenvalue weighted by atomic mass is 79.9. The van der Waals surface area contributed by atoms with Crippen molar-refractivity contribution in [2.24, 2.45) is 0 Å². The Balaban J connectivity index is 2.30. The molecule has 0 heterocycles. The minimum atomic E-state index is -0.218. The lowest BCUT2D eigenvalue weighted by Crippen LogP contribution is -2.23. The number of nitrogens with one attached hydrogen (secondary N) is 1. The third kappa shape index (κ3) is 5.16. The summed E-state index contributed by atoms with van der Waals surface area (Å²) < 4.78 is 16.3. The minimum Gasteiger partial charge on any atom is -0.310 e. The summed E-state index contributed by atoms with van der Waals surface area (Å²) in [7, 11) is 0. The second-order valence-corrected chi connectivity index (χ2v) is 7.54. The lowest BCUT2D eigenvalue weighted by atomic mass is 9.99. The highest BCUT2D eigenvalue weighted by Gasteiger charge is 2.13. The second kappa shape index (κ2) is 7.86. The zero-order valence-electron chi connectivity index (χ0n) is 11.5. The molecule has 0 aromatic heterocycles. The highest BCUT2D eigenvalue weighted by molar-refractivity contribution is 9.11. The first kappa shape index (κ1) is 17.1. The normalized spacial score (nSPS) is 12.4. The monoisotopic (exact) mass is 477 g/mol. The molecule has 0 aliphatic heterocycles. The molecule has 0 saturated heterocycles. The SMILES string of the molecule is CCNC(Cc1cc(F)cc(Br)c1)c1cc(Br)cc(Br)c1. The van der Waals surface area contributed by atoms with Crippen molar-refractivity contribution >= 4 is 47.8 Å². The zero-order valence-corrected chi connectivity index (χ0v) is 16.2. The van der Waals surface area contributed by atoms with Crippen molar-refractivity contribution in [3.8, 4) is 0 Å². The Labute approximate surface area is 149 Å². The van der Waals surface area contributed by atoms with Crippen LogP contribution in [-0.2, 0) is 6.42 Å². The maximum atomic E-state index is 13.5. The lowest BCUT2D eigenvalue weighted by Gasteiger charge is -2.19. The molecule has 0 spiro atoms. The van der Waals surface area contributed by atoms with E-state index in [2.05, 4.69) is 72.2 Å². The van der Waals surface area contributed by atoms with Crippen LogP contribution < -0.4 is 5.32 Å². The van der Waals surface area contributed by atoms with Crippen LogP contribution in [0.5, 0.6) is 0 Å². The van der Waals surface area contributed by atoms with Gasteiger partial charge in [0.15, 0.2) is 0 Å². The molecule has 2 rings (SSSR count). The van der Waals surface area contributed by atoms with Gasteiger partial charge in [0.25, 0.3) is 0 Å². The molecule has 1 atom stereocenters. The summed E-state index contributed by atoms with van der Waals surface area (Å²) in [5.74, 6) is -0.218. The molecule has 0 amide bonds. The van der Waals surface area contributed by atoms with E-state index >= 15 is 0 Å². The average Bonchev–Trinajstić information content (AvgIpc) is 2.35. The van der Waals surface area contributed by atoms with Gasteiger partial charge in [0.2, 0.25) is 0 Å². The van der Waals surface area contributed by atoms with E-state index in [9.17, 15) is 4.39 Å². The Bertz CT molecular complexity index is 590. The van der Waals surface area contributed by atoms with Crippen LogP contribution in [0.4, 0.5) is 4.39 Å². The van der Waals surface area contributed by atoms with E-state index in [-0.39, 0.29) is 11.9 Å². The van der Waals surface area contributed by atoms with Crippen LogP contribution in [0.1, 0.15) is 24.1 Å². The molecular weight excluding hydrogens is 465 g/mol. The van der Waals surface area contributed by atoms with Gasteiger partial charge in [-0.3, -0.25) is 0 Å². The molecule has 0 bridgehead atoms. The van der Waals surface area contributed by atoms with Gasteiger partial charge in [-0.2, -0.15) is 0 Å². The Morgan fingerprint density at radius 3 is 2.14 bits per heavy atom. The first-order valence-electron chi connectivity index (χ1n) is 6.62. The Hall–Kier alpha value is -0.230.